The molecule has 32 heavy (non-hydrogen) atoms. The van der Waals surface area contributed by atoms with Gasteiger partial charge in [0.25, 0.3) is 0 Å². The van der Waals surface area contributed by atoms with Crippen molar-refractivity contribution in [2.24, 2.45) is 7.05 Å². The van der Waals surface area contributed by atoms with Gasteiger partial charge in [-0.2, -0.15) is 5.26 Å². The van der Waals surface area contributed by atoms with Crippen molar-refractivity contribution < 1.29 is 9.18 Å². The number of imidazole rings is 1. The lowest BCUT2D eigenvalue weighted by Gasteiger charge is -2.23. The number of benzene rings is 3. The maximum atomic E-state index is 13.7. The molecule has 160 valence electrons. The van der Waals surface area contributed by atoms with Crippen LogP contribution in [0.2, 0.25) is 0 Å². The molecule has 0 spiro atoms. The smallest absolute Gasteiger partial charge is 0.329 e. The van der Waals surface area contributed by atoms with Crippen LogP contribution in [0.15, 0.2) is 77.6 Å². The summed E-state index contributed by atoms with van der Waals surface area (Å²) >= 11 is 0. The molecule has 0 fully saturated rings. The molecule has 1 aromatic heterocycles. The van der Waals surface area contributed by atoms with Crippen LogP contribution in [-0.4, -0.2) is 19.9 Å². The van der Waals surface area contributed by atoms with E-state index in [0.717, 1.165) is 11.1 Å². The Morgan fingerprint density at radius 1 is 0.969 bits per heavy atom. The molecule has 0 unspecified atom stereocenters. The topological polar surface area (TPSA) is 71.0 Å². The van der Waals surface area contributed by atoms with Gasteiger partial charge >= 0.3 is 5.69 Å². The minimum absolute atomic E-state index is 0.133. The van der Waals surface area contributed by atoms with E-state index >= 15 is 0 Å². The molecule has 0 saturated heterocycles. The summed E-state index contributed by atoms with van der Waals surface area (Å²) < 4.78 is 16.7. The lowest BCUT2D eigenvalue weighted by atomic mass is 10.1. The molecule has 4 rings (SSSR count). The molecule has 3 aromatic carbocycles. The van der Waals surface area contributed by atoms with Gasteiger partial charge in [0.15, 0.2) is 0 Å². The van der Waals surface area contributed by atoms with Gasteiger partial charge in [0, 0.05) is 20.1 Å². The van der Waals surface area contributed by atoms with Crippen LogP contribution < -0.4 is 5.69 Å². The van der Waals surface area contributed by atoms with Crippen molar-refractivity contribution in [1.29, 1.82) is 5.26 Å². The molecular weight excluding hydrogens is 407 g/mol. The zero-order chi connectivity index (χ0) is 22.7. The molecule has 4 aromatic rings. The van der Waals surface area contributed by atoms with Gasteiger partial charge < -0.3 is 4.90 Å². The van der Waals surface area contributed by atoms with Crippen LogP contribution in [0.25, 0.3) is 11.0 Å². The van der Waals surface area contributed by atoms with Crippen molar-refractivity contribution in [3.63, 3.8) is 0 Å². The number of carbonyl (C=O) groups excluding carboxylic acids is 1. The van der Waals surface area contributed by atoms with E-state index in [9.17, 15) is 14.0 Å². The summed E-state index contributed by atoms with van der Waals surface area (Å²) in [6.07, 6.45) is 0. The molecule has 6 nitrogen and oxygen atoms in total. The predicted octanol–water partition coefficient (Wildman–Crippen LogP) is 3.58. The van der Waals surface area contributed by atoms with Crippen molar-refractivity contribution in [2.75, 3.05) is 0 Å². The number of hydrogen-bond donors (Lipinski definition) is 0. The van der Waals surface area contributed by atoms with Gasteiger partial charge in [0.05, 0.1) is 22.7 Å². The van der Waals surface area contributed by atoms with Crippen LogP contribution in [-0.2, 0) is 31.5 Å². The molecule has 0 atom stereocenters. The van der Waals surface area contributed by atoms with E-state index in [4.69, 9.17) is 5.26 Å². The van der Waals surface area contributed by atoms with Crippen molar-refractivity contribution in [3.8, 4) is 6.07 Å². The third kappa shape index (κ3) is 4.30. The number of hydrogen-bond acceptors (Lipinski definition) is 3. The Hall–Kier alpha value is -4.18. The first kappa shape index (κ1) is 21.1. The average molecular weight is 428 g/mol. The standard InChI is InChI=1S/C25H21FN4O2/c1-28-22-7-2-3-8-23(22)30(25(28)32)17-24(31)29(16-20-5-4-6-21(26)13-20)15-19-11-9-18(14-27)10-12-19/h2-13H,15-17H2,1H3. The first-order valence-corrected chi connectivity index (χ1v) is 10.1. The van der Waals surface area contributed by atoms with Crippen LogP contribution in [0.3, 0.4) is 0 Å². The number of aryl methyl sites for hydroxylation is 1. The molecule has 0 radical (unpaired) electrons. The van der Waals surface area contributed by atoms with Crippen LogP contribution in [0.4, 0.5) is 4.39 Å². The van der Waals surface area contributed by atoms with E-state index in [1.807, 2.05) is 24.3 Å². The maximum Gasteiger partial charge on any atom is 0.329 e. The fourth-order valence-corrected chi connectivity index (χ4v) is 3.74. The largest absolute Gasteiger partial charge is 0.332 e. The summed E-state index contributed by atoms with van der Waals surface area (Å²) in [6, 6.07) is 22.4. The van der Waals surface area contributed by atoms with Crippen LogP contribution in [0.5, 0.6) is 0 Å². The molecule has 0 aliphatic heterocycles. The fourth-order valence-electron chi connectivity index (χ4n) is 3.74. The molecule has 1 heterocycles. The second kappa shape index (κ2) is 8.90. The van der Waals surface area contributed by atoms with Crippen molar-refractivity contribution >= 4 is 16.9 Å². The zero-order valence-corrected chi connectivity index (χ0v) is 17.5. The number of carbonyl (C=O) groups is 1. The van der Waals surface area contributed by atoms with Gasteiger partial charge in [-0.05, 0) is 47.5 Å². The molecule has 0 aliphatic carbocycles. The minimum Gasteiger partial charge on any atom is -0.332 e. The van der Waals surface area contributed by atoms with Gasteiger partial charge in [0.1, 0.15) is 12.4 Å². The van der Waals surface area contributed by atoms with Crippen LogP contribution in [0, 0.1) is 17.1 Å². The summed E-state index contributed by atoms with van der Waals surface area (Å²) in [5, 5.41) is 9.01. The van der Waals surface area contributed by atoms with Crippen LogP contribution >= 0.6 is 0 Å². The Labute approximate surface area is 184 Å². The number of fused-ring (bicyclic) bond motifs is 1. The van der Waals surface area contributed by atoms with Crippen molar-refractivity contribution in [3.05, 3.63) is 106 Å². The lowest BCUT2D eigenvalue weighted by molar-refractivity contribution is -0.133. The van der Waals surface area contributed by atoms with Crippen LogP contribution in [0.1, 0.15) is 16.7 Å². The van der Waals surface area contributed by atoms with Gasteiger partial charge in [-0.1, -0.05) is 36.4 Å². The molecule has 0 saturated carbocycles. The van der Waals surface area contributed by atoms with E-state index in [1.54, 1.807) is 48.3 Å². The molecule has 7 heteroatoms. The number of nitriles is 1. The number of nitrogens with zero attached hydrogens (tertiary/aromatic N) is 4. The van der Waals surface area contributed by atoms with Gasteiger partial charge in [-0.25, -0.2) is 9.18 Å². The van der Waals surface area contributed by atoms with Crippen molar-refractivity contribution in [2.45, 2.75) is 19.6 Å². The third-order valence-corrected chi connectivity index (χ3v) is 5.42. The highest BCUT2D eigenvalue weighted by Crippen LogP contribution is 2.15. The van der Waals surface area contributed by atoms with Gasteiger partial charge in [-0.15, -0.1) is 0 Å². The molecule has 0 bridgehead atoms. The number of rotatable bonds is 6. The number of para-hydroxylation sites is 2. The van der Waals surface area contributed by atoms with Gasteiger partial charge in [0.2, 0.25) is 5.91 Å². The zero-order valence-electron chi connectivity index (χ0n) is 17.5. The Bertz CT molecular complexity index is 1380. The van der Waals surface area contributed by atoms with Crippen molar-refractivity contribution in [1.82, 2.24) is 14.0 Å². The minimum atomic E-state index is -0.376. The Kier molecular flexibility index (Phi) is 5.86. The molecular formula is C25H21FN4O2. The average Bonchev–Trinajstić information content (AvgIpc) is 3.04. The fraction of sp³-hybridized carbons (Fsp3) is 0.160. The van der Waals surface area contributed by atoms with E-state index in [1.165, 1.54) is 21.3 Å². The highest BCUT2D eigenvalue weighted by molar-refractivity contribution is 5.81. The number of amides is 1. The number of aromatic nitrogens is 2. The van der Waals surface area contributed by atoms with Gasteiger partial charge in [-0.3, -0.25) is 13.9 Å². The summed E-state index contributed by atoms with van der Waals surface area (Å²) in [4.78, 5) is 27.7. The Morgan fingerprint density at radius 2 is 1.66 bits per heavy atom. The SMILES string of the molecule is Cn1c(=O)n(CC(=O)N(Cc2ccc(C#N)cc2)Cc2cccc(F)c2)c2ccccc21. The summed E-state index contributed by atoms with van der Waals surface area (Å²) in [5.41, 5.74) is 3.16. The highest BCUT2D eigenvalue weighted by Gasteiger charge is 2.19. The number of halogens is 1. The summed E-state index contributed by atoms with van der Waals surface area (Å²) in [7, 11) is 1.67. The van der Waals surface area contributed by atoms with E-state index < -0.39 is 0 Å². The molecule has 0 N–H and O–H groups in total. The predicted molar refractivity (Wildman–Crippen MR) is 119 cm³/mol. The third-order valence-electron chi connectivity index (χ3n) is 5.42. The van der Waals surface area contributed by atoms with E-state index in [-0.39, 0.29) is 37.0 Å². The second-order valence-corrected chi connectivity index (χ2v) is 7.60. The molecule has 1 amide bonds. The summed E-state index contributed by atoms with van der Waals surface area (Å²) in [6.45, 7) is 0.322. The lowest BCUT2D eigenvalue weighted by Crippen LogP contribution is -2.36. The summed E-state index contributed by atoms with van der Waals surface area (Å²) in [5.74, 6) is -0.643. The van der Waals surface area contributed by atoms with E-state index in [2.05, 4.69) is 6.07 Å². The Balaban J connectivity index is 1.65. The first-order valence-electron chi connectivity index (χ1n) is 10.1. The quantitative estimate of drug-likeness (QED) is 0.471. The Morgan fingerprint density at radius 3 is 2.34 bits per heavy atom. The highest BCUT2D eigenvalue weighted by atomic mass is 19.1. The normalized spacial score (nSPS) is 10.8. The monoisotopic (exact) mass is 428 g/mol. The second-order valence-electron chi connectivity index (χ2n) is 7.60. The first-order chi connectivity index (χ1) is 15.5. The maximum absolute atomic E-state index is 13.7. The molecule has 0 aliphatic rings. The van der Waals surface area contributed by atoms with E-state index in [0.29, 0.717) is 16.6 Å².